The first-order valence-electron chi connectivity index (χ1n) is 4.63. The van der Waals surface area contributed by atoms with Crippen molar-refractivity contribution in [1.82, 2.24) is 4.90 Å². The van der Waals surface area contributed by atoms with Gasteiger partial charge in [-0.2, -0.15) is 0 Å². The number of aliphatic hydroxyl groups is 1. The molecule has 0 aliphatic heterocycles. The molecule has 0 heterocycles. The molecular weight excluding hydrogens is 190 g/mol. The van der Waals surface area contributed by atoms with Crippen LogP contribution in [0.15, 0.2) is 0 Å². The van der Waals surface area contributed by atoms with Crippen LogP contribution in [0.5, 0.6) is 0 Å². The lowest BCUT2D eigenvalue weighted by molar-refractivity contribution is -0.129. The molecule has 0 aromatic rings. The summed E-state index contributed by atoms with van der Waals surface area (Å²) < 4.78 is 0. The Balaban J connectivity index is 0. The van der Waals surface area contributed by atoms with E-state index in [2.05, 4.69) is 0 Å². The van der Waals surface area contributed by atoms with Crippen LogP contribution in [0.3, 0.4) is 0 Å². The smallest absolute Gasteiger partial charge is 0.237 e. The molecule has 0 spiro atoms. The van der Waals surface area contributed by atoms with Gasteiger partial charge >= 0.3 is 0 Å². The quantitative estimate of drug-likeness (QED) is 0.713. The zero-order valence-corrected chi connectivity index (χ0v) is 9.64. The van der Waals surface area contributed by atoms with Crippen molar-refractivity contribution in [2.24, 2.45) is 0 Å². The van der Waals surface area contributed by atoms with E-state index in [-0.39, 0.29) is 11.8 Å². The summed E-state index contributed by atoms with van der Waals surface area (Å²) in [4.78, 5) is 12.5. The third-order valence-electron chi connectivity index (χ3n) is 1.33. The largest absolute Gasteiger partial charge is 0.392 e. The van der Waals surface area contributed by atoms with Crippen LogP contribution in [0.4, 0.5) is 0 Å². The Labute approximate surface area is 85.7 Å². The monoisotopic (exact) mass is 209 g/mol. The standard InChI is InChI=1S/C7H14ClNO2.C2H6/c1-3-9(5-6(2)10)7(11)4-8;1-2/h6,10H,3-5H2,1-2H3;1-2H3. The van der Waals surface area contributed by atoms with Crippen molar-refractivity contribution < 1.29 is 9.90 Å². The first-order valence-corrected chi connectivity index (χ1v) is 5.17. The fourth-order valence-electron chi connectivity index (χ4n) is 0.811. The second-order valence-electron chi connectivity index (χ2n) is 2.42. The fourth-order valence-corrected chi connectivity index (χ4v) is 0.980. The van der Waals surface area contributed by atoms with Crippen LogP contribution in [0.1, 0.15) is 27.7 Å². The molecule has 0 aliphatic carbocycles. The molecular formula is C9H20ClNO2. The van der Waals surface area contributed by atoms with Gasteiger partial charge in [0.1, 0.15) is 5.88 Å². The predicted molar refractivity (Wildman–Crippen MR) is 56.0 cm³/mol. The van der Waals surface area contributed by atoms with Gasteiger partial charge in [0.05, 0.1) is 6.10 Å². The molecule has 1 unspecified atom stereocenters. The maximum atomic E-state index is 11.0. The Morgan fingerprint density at radius 1 is 1.54 bits per heavy atom. The Hall–Kier alpha value is -0.280. The summed E-state index contributed by atoms with van der Waals surface area (Å²) in [6.45, 7) is 8.45. The number of amides is 1. The molecule has 13 heavy (non-hydrogen) atoms. The van der Waals surface area contributed by atoms with Gasteiger partial charge in [0, 0.05) is 13.1 Å². The van der Waals surface area contributed by atoms with Gasteiger partial charge in [-0.05, 0) is 13.8 Å². The first-order chi connectivity index (χ1) is 6.11. The molecule has 0 radical (unpaired) electrons. The average molecular weight is 210 g/mol. The summed E-state index contributed by atoms with van der Waals surface area (Å²) >= 11 is 5.34. The summed E-state index contributed by atoms with van der Waals surface area (Å²) in [5.74, 6) is -0.143. The SMILES string of the molecule is CC.CCN(CC(C)O)C(=O)CCl. The molecule has 0 saturated heterocycles. The molecule has 1 N–H and O–H groups in total. The van der Waals surface area contributed by atoms with E-state index in [0.717, 1.165) is 0 Å². The van der Waals surface area contributed by atoms with Crippen molar-refractivity contribution in [2.75, 3.05) is 19.0 Å². The maximum Gasteiger partial charge on any atom is 0.237 e. The number of carbonyl (C=O) groups excluding carboxylic acids is 1. The van der Waals surface area contributed by atoms with Crippen LogP contribution < -0.4 is 0 Å². The van der Waals surface area contributed by atoms with E-state index in [4.69, 9.17) is 16.7 Å². The van der Waals surface area contributed by atoms with Gasteiger partial charge in [-0.1, -0.05) is 13.8 Å². The average Bonchev–Trinajstić information content (AvgIpc) is 2.16. The molecule has 0 saturated carbocycles. The van der Waals surface area contributed by atoms with E-state index in [9.17, 15) is 4.79 Å². The number of halogens is 1. The number of nitrogens with zero attached hydrogens (tertiary/aromatic N) is 1. The lowest BCUT2D eigenvalue weighted by atomic mass is 10.3. The Morgan fingerprint density at radius 2 is 2.00 bits per heavy atom. The van der Waals surface area contributed by atoms with Crippen molar-refractivity contribution >= 4 is 17.5 Å². The second kappa shape index (κ2) is 9.81. The summed E-state index contributed by atoms with van der Waals surface area (Å²) in [5.41, 5.74) is 0. The van der Waals surface area contributed by atoms with Crippen LogP contribution in [0.25, 0.3) is 0 Å². The highest BCUT2D eigenvalue weighted by atomic mass is 35.5. The molecule has 4 heteroatoms. The van der Waals surface area contributed by atoms with Crippen LogP contribution >= 0.6 is 11.6 Å². The third kappa shape index (κ3) is 8.06. The van der Waals surface area contributed by atoms with Crippen LogP contribution in [0, 0.1) is 0 Å². The zero-order chi connectivity index (χ0) is 10.9. The van der Waals surface area contributed by atoms with Crippen molar-refractivity contribution in [3.8, 4) is 0 Å². The molecule has 1 atom stereocenters. The maximum absolute atomic E-state index is 11.0. The number of aliphatic hydroxyl groups excluding tert-OH is 1. The number of alkyl halides is 1. The first kappa shape index (κ1) is 15.2. The Kier molecular flexibility index (Phi) is 11.5. The van der Waals surface area contributed by atoms with E-state index in [1.807, 2.05) is 20.8 Å². The topological polar surface area (TPSA) is 40.5 Å². The molecule has 0 bridgehead atoms. The van der Waals surface area contributed by atoms with Crippen molar-refractivity contribution in [3.63, 3.8) is 0 Å². The lowest BCUT2D eigenvalue weighted by Gasteiger charge is -2.20. The van der Waals surface area contributed by atoms with Crippen molar-refractivity contribution in [3.05, 3.63) is 0 Å². The summed E-state index contributed by atoms with van der Waals surface area (Å²) in [5, 5.41) is 8.96. The van der Waals surface area contributed by atoms with Crippen LogP contribution in [-0.2, 0) is 4.79 Å². The number of hydrogen-bond acceptors (Lipinski definition) is 2. The summed E-state index contributed by atoms with van der Waals surface area (Å²) in [6.07, 6.45) is -0.484. The van der Waals surface area contributed by atoms with Crippen LogP contribution in [-0.4, -0.2) is 41.0 Å². The highest BCUT2D eigenvalue weighted by Gasteiger charge is 2.11. The van der Waals surface area contributed by atoms with E-state index in [1.165, 1.54) is 4.90 Å². The van der Waals surface area contributed by atoms with Gasteiger partial charge in [0.15, 0.2) is 0 Å². The number of rotatable bonds is 4. The van der Waals surface area contributed by atoms with Gasteiger partial charge in [-0.25, -0.2) is 0 Å². The number of likely N-dealkylation sites (N-methyl/N-ethyl adjacent to an activating group) is 1. The molecule has 0 aromatic heterocycles. The minimum Gasteiger partial charge on any atom is -0.392 e. The van der Waals surface area contributed by atoms with Gasteiger partial charge < -0.3 is 10.0 Å². The van der Waals surface area contributed by atoms with Crippen LogP contribution in [0.2, 0.25) is 0 Å². The van der Waals surface area contributed by atoms with Crippen molar-refractivity contribution in [1.29, 1.82) is 0 Å². The Bertz CT molecular complexity index is 129. The summed E-state index contributed by atoms with van der Waals surface area (Å²) in [7, 11) is 0. The van der Waals surface area contributed by atoms with E-state index < -0.39 is 6.10 Å². The van der Waals surface area contributed by atoms with Crippen molar-refractivity contribution in [2.45, 2.75) is 33.8 Å². The third-order valence-corrected chi connectivity index (χ3v) is 1.56. The van der Waals surface area contributed by atoms with E-state index >= 15 is 0 Å². The molecule has 0 rings (SSSR count). The molecule has 0 fully saturated rings. The van der Waals surface area contributed by atoms with E-state index in [1.54, 1.807) is 6.92 Å². The lowest BCUT2D eigenvalue weighted by Crippen LogP contribution is -2.37. The van der Waals surface area contributed by atoms with Gasteiger partial charge in [-0.3, -0.25) is 4.79 Å². The molecule has 0 aromatic carbocycles. The second-order valence-corrected chi connectivity index (χ2v) is 2.68. The number of carbonyl (C=O) groups is 1. The molecule has 1 amide bonds. The molecule has 80 valence electrons. The number of hydrogen-bond donors (Lipinski definition) is 1. The summed E-state index contributed by atoms with van der Waals surface area (Å²) in [6, 6.07) is 0. The minimum atomic E-state index is -0.484. The molecule has 0 aliphatic rings. The van der Waals surface area contributed by atoms with Gasteiger partial charge in [0.2, 0.25) is 5.91 Å². The normalized spacial score (nSPS) is 11.2. The predicted octanol–water partition coefficient (Wildman–Crippen LogP) is 1.48. The van der Waals surface area contributed by atoms with Gasteiger partial charge in [0.25, 0.3) is 0 Å². The Morgan fingerprint density at radius 3 is 2.23 bits per heavy atom. The fraction of sp³-hybridized carbons (Fsp3) is 0.889. The highest BCUT2D eigenvalue weighted by Crippen LogP contribution is 1.94. The zero-order valence-electron chi connectivity index (χ0n) is 8.88. The van der Waals surface area contributed by atoms with Gasteiger partial charge in [-0.15, -0.1) is 11.6 Å². The minimum absolute atomic E-state index is 0.0133. The van der Waals surface area contributed by atoms with E-state index in [0.29, 0.717) is 13.1 Å². The molecule has 3 nitrogen and oxygen atoms in total. The highest BCUT2D eigenvalue weighted by molar-refractivity contribution is 6.27.